The Morgan fingerprint density at radius 1 is 1.17 bits per heavy atom. The molecule has 1 saturated heterocycles. The average molecular weight is 403 g/mol. The maximum atomic E-state index is 12.3. The van der Waals surface area contributed by atoms with Gasteiger partial charge in [-0.1, -0.05) is 31.2 Å². The summed E-state index contributed by atoms with van der Waals surface area (Å²) >= 11 is 0. The highest BCUT2D eigenvalue weighted by Crippen LogP contribution is 2.38. The molecule has 30 heavy (non-hydrogen) atoms. The Morgan fingerprint density at radius 2 is 1.97 bits per heavy atom. The summed E-state index contributed by atoms with van der Waals surface area (Å²) in [5.41, 5.74) is 4.95. The third-order valence-electron chi connectivity index (χ3n) is 6.88. The maximum Gasteiger partial charge on any atom is 0.225 e. The minimum Gasteiger partial charge on any atom is -0.490 e. The van der Waals surface area contributed by atoms with Crippen molar-refractivity contribution in [1.82, 2.24) is 4.90 Å². The summed E-state index contributed by atoms with van der Waals surface area (Å²) in [4.78, 5) is 19.0. The Bertz CT molecular complexity index is 950. The predicted molar refractivity (Wildman–Crippen MR) is 120 cm³/mol. The summed E-state index contributed by atoms with van der Waals surface area (Å²) in [7, 11) is 0. The Morgan fingerprint density at radius 3 is 2.70 bits per heavy atom. The van der Waals surface area contributed by atoms with E-state index in [4.69, 9.17) is 4.74 Å². The summed E-state index contributed by atoms with van der Waals surface area (Å²) < 4.78 is 6.32. The molecule has 0 radical (unpaired) electrons. The van der Waals surface area contributed by atoms with Crippen molar-refractivity contribution in [2.45, 2.75) is 45.6 Å². The molecular formula is C26H30N2O2. The van der Waals surface area contributed by atoms with E-state index >= 15 is 0 Å². The number of aliphatic imine (C=N–C) groups is 1. The Labute approximate surface area is 179 Å². The Hall–Kier alpha value is -2.62. The molecule has 1 amide bonds. The van der Waals surface area contributed by atoms with Crippen LogP contribution in [0.25, 0.3) is 5.57 Å². The lowest BCUT2D eigenvalue weighted by molar-refractivity contribution is -0.135. The minimum atomic E-state index is 0.168. The van der Waals surface area contributed by atoms with E-state index in [1.54, 1.807) is 0 Å². The number of nitrogens with zero attached hydrogens (tertiary/aromatic N) is 2. The number of ether oxygens (including phenoxy) is 1. The standard InChI is InChI=1S/C26H30N2O2/c1-17-16-28(26(29)21-5-6-21)15-13-24(17)30-22-10-7-19(8-11-22)23-12-9-20-4-3-14-27-25(20)18(23)2/h3-4,7-8,10-12,14,17,20-21,24H,5-6,9,13,15-16H2,1-2H3. The molecule has 1 saturated carbocycles. The van der Waals surface area contributed by atoms with Gasteiger partial charge < -0.3 is 9.64 Å². The monoisotopic (exact) mass is 402 g/mol. The quantitative estimate of drug-likeness (QED) is 0.709. The first-order chi connectivity index (χ1) is 14.6. The SMILES string of the molecule is CC1=C2N=CC=CC2CC=C1c1ccc(OC2CCN(C(=O)C3CC3)CC2C)cc1. The summed E-state index contributed by atoms with van der Waals surface area (Å²) in [6.45, 7) is 6.00. The van der Waals surface area contributed by atoms with Gasteiger partial charge in [-0.3, -0.25) is 9.79 Å². The summed E-state index contributed by atoms with van der Waals surface area (Å²) in [5.74, 6) is 2.34. The van der Waals surface area contributed by atoms with Gasteiger partial charge in [-0.05, 0) is 61.1 Å². The second-order valence-electron chi connectivity index (χ2n) is 9.14. The highest BCUT2D eigenvalue weighted by molar-refractivity contribution is 5.83. The first-order valence-electron chi connectivity index (χ1n) is 11.3. The van der Waals surface area contributed by atoms with E-state index in [2.05, 4.69) is 55.3 Å². The molecule has 1 aromatic carbocycles. The van der Waals surface area contributed by atoms with E-state index in [1.807, 2.05) is 17.2 Å². The van der Waals surface area contributed by atoms with Crippen LogP contribution in [0.5, 0.6) is 5.75 Å². The van der Waals surface area contributed by atoms with Crippen molar-refractivity contribution in [2.24, 2.45) is 22.7 Å². The molecule has 0 bridgehead atoms. The molecule has 2 heterocycles. The van der Waals surface area contributed by atoms with Gasteiger partial charge in [-0.25, -0.2) is 0 Å². The number of dihydropyridines is 1. The molecule has 2 aliphatic carbocycles. The molecule has 4 aliphatic rings. The summed E-state index contributed by atoms with van der Waals surface area (Å²) in [6.07, 6.45) is 12.7. The van der Waals surface area contributed by atoms with Gasteiger partial charge in [0.2, 0.25) is 5.91 Å². The number of hydrogen-bond acceptors (Lipinski definition) is 3. The zero-order chi connectivity index (χ0) is 20.7. The smallest absolute Gasteiger partial charge is 0.225 e. The van der Waals surface area contributed by atoms with Gasteiger partial charge in [0.15, 0.2) is 0 Å². The molecule has 1 aromatic rings. The fourth-order valence-corrected chi connectivity index (χ4v) is 4.91. The summed E-state index contributed by atoms with van der Waals surface area (Å²) in [5, 5.41) is 0. The van der Waals surface area contributed by atoms with Crippen LogP contribution < -0.4 is 4.74 Å². The highest BCUT2D eigenvalue weighted by atomic mass is 16.5. The highest BCUT2D eigenvalue weighted by Gasteiger charge is 2.37. The van der Waals surface area contributed by atoms with Crippen LogP contribution in [0.15, 0.2) is 58.8 Å². The average Bonchev–Trinajstić information content (AvgIpc) is 3.61. The zero-order valence-corrected chi connectivity index (χ0v) is 17.9. The van der Waals surface area contributed by atoms with Crippen LogP contribution in [0, 0.1) is 17.8 Å². The lowest BCUT2D eigenvalue weighted by Gasteiger charge is -2.37. The van der Waals surface area contributed by atoms with Crippen LogP contribution in [-0.4, -0.2) is 36.2 Å². The van der Waals surface area contributed by atoms with E-state index < -0.39 is 0 Å². The van der Waals surface area contributed by atoms with Crippen LogP contribution in [0.2, 0.25) is 0 Å². The second kappa shape index (κ2) is 7.90. The van der Waals surface area contributed by atoms with Crippen molar-refractivity contribution >= 4 is 17.7 Å². The van der Waals surface area contributed by atoms with Crippen molar-refractivity contribution in [2.75, 3.05) is 13.1 Å². The van der Waals surface area contributed by atoms with Crippen molar-refractivity contribution in [1.29, 1.82) is 0 Å². The normalized spacial score (nSPS) is 28.3. The minimum absolute atomic E-state index is 0.168. The first kappa shape index (κ1) is 19.3. The van der Waals surface area contributed by atoms with Gasteiger partial charge >= 0.3 is 0 Å². The molecule has 3 unspecified atom stereocenters. The largest absolute Gasteiger partial charge is 0.490 e. The van der Waals surface area contributed by atoms with Gasteiger partial charge in [0.05, 0.1) is 5.70 Å². The predicted octanol–water partition coefficient (Wildman–Crippen LogP) is 5.03. The molecule has 3 atom stereocenters. The lowest BCUT2D eigenvalue weighted by Crippen LogP contribution is -2.47. The molecule has 0 N–H and O–H groups in total. The van der Waals surface area contributed by atoms with Crippen molar-refractivity contribution in [3.63, 3.8) is 0 Å². The molecule has 4 heteroatoms. The molecule has 0 aromatic heterocycles. The van der Waals surface area contributed by atoms with Gasteiger partial charge in [-0.15, -0.1) is 0 Å². The number of likely N-dealkylation sites (tertiary alicyclic amines) is 1. The third-order valence-corrected chi connectivity index (χ3v) is 6.88. The van der Waals surface area contributed by atoms with E-state index in [0.29, 0.717) is 23.7 Å². The van der Waals surface area contributed by atoms with Gasteiger partial charge in [0.25, 0.3) is 0 Å². The van der Waals surface area contributed by atoms with Crippen LogP contribution >= 0.6 is 0 Å². The number of fused-ring (bicyclic) bond motifs is 1. The molecule has 2 fully saturated rings. The number of carbonyl (C=O) groups excluding carboxylic acids is 1. The van der Waals surface area contributed by atoms with Crippen molar-refractivity contribution < 1.29 is 9.53 Å². The number of hydrogen-bond donors (Lipinski definition) is 0. The summed E-state index contributed by atoms with van der Waals surface area (Å²) in [6, 6.07) is 8.48. The lowest BCUT2D eigenvalue weighted by atomic mass is 9.84. The molecule has 0 spiro atoms. The van der Waals surface area contributed by atoms with Gasteiger partial charge in [0, 0.05) is 43.5 Å². The number of carbonyl (C=O) groups is 1. The van der Waals surface area contributed by atoms with Gasteiger partial charge in [0.1, 0.15) is 11.9 Å². The third kappa shape index (κ3) is 3.76. The molecule has 156 valence electrons. The Balaban J connectivity index is 1.23. The van der Waals surface area contributed by atoms with E-state index in [9.17, 15) is 4.79 Å². The molecule has 5 rings (SSSR count). The molecular weight excluding hydrogens is 372 g/mol. The van der Waals surface area contributed by atoms with Crippen LogP contribution in [0.3, 0.4) is 0 Å². The van der Waals surface area contributed by atoms with E-state index in [0.717, 1.165) is 44.5 Å². The van der Waals surface area contributed by atoms with Crippen molar-refractivity contribution in [3.8, 4) is 5.75 Å². The Kier molecular flexibility index (Phi) is 5.10. The van der Waals surface area contributed by atoms with E-state index in [1.165, 1.54) is 22.4 Å². The topological polar surface area (TPSA) is 41.9 Å². The van der Waals surface area contributed by atoms with Crippen molar-refractivity contribution in [3.05, 3.63) is 59.3 Å². The fraction of sp³-hybridized carbons (Fsp3) is 0.462. The van der Waals surface area contributed by atoms with E-state index in [-0.39, 0.29) is 6.10 Å². The van der Waals surface area contributed by atoms with Crippen LogP contribution in [0.1, 0.15) is 45.1 Å². The number of benzene rings is 1. The van der Waals surface area contributed by atoms with Crippen LogP contribution in [-0.2, 0) is 4.79 Å². The molecule has 4 nitrogen and oxygen atoms in total. The number of piperidine rings is 1. The first-order valence-corrected chi connectivity index (χ1v) is 11.3. The number of allylic oxidation sites excluding steroid dienone is 5. The van der Waals surface area contributed by atoms with Crippen LogP contribution in [0.4, 0.5) is 0 Å². The van der Waals surface area contributed by atoms with Gasteiger partial charge in [-0.2, -0.15) is 0 Å². The second-order valence-corrected chi connectivity index (χ2v) is 9.14. The number of rotatable bonds is 4. The maximum absolute atomic E-state index is 12.3. The molecule has 2 aliphatic heterocycles. The number of amides is 1. The fourth-order valence-electron chi connectivity index (χ4n) is 4.91. The zero-order valence-electron chi connectivity index (χ0n) is 17.9.